The number of carbonyl (C=O) groups excluding carboxylic acids is 1. The van der Waals surface area contributed by atoms with Gasteiger partial charge in [0.1, 0.15) is 5.75 Å². The Morgan fingerprint density at radius 1 is 1.23 bits per heavy atom. The number of amides is 1. The number of carbonyl (C=O) groups is 2. The lowest BCUT2D eigenvalue weighted by Crippen LogP contribution is -2.44. The second-order valence-corrected chi connectivity index (χ2v) is 5.89. The summed E-state index contributed by atoms with van der Waals surface area (Å²) in [7, 11) is 3.31. The molecule has 0 bridgehead atoms. The van der Waals surface area contributed by atoms with Crippen LogP contribution in [0.2, 0.25) is 0 Å². The van der Waals surface area contributed by atoms with Crippen LogP contribution < -0.4 is 4.74 Å². The number of carboxylic acids is 1. The number of nitrogens with zero attached hydrogens (tertiary/aromatic N) is 1. The molecule has 5 heteroatoms. The summed E-state index contributed by atoms with van der Waals surface area (Å²) in [4.78, 5) is 25.2. The minimum atomic E-state index is -0.885. The molecule has 0 saturated heterocycles. The molecule has 2 rings (SSSR count). The Bertz CT molecular complexity index is 532. The summed E-state index contributed by atoms with van der Waals surface area (Å²) in [5.41, 5.74) is 0.484. The Kier molecular flexibility index (Phi) is 5.06. The maximum absolute atomic E-state index is 12.9. The predicted molar refractivity (Wildman–Crippen MR) is 83.0 cm³/mol. The molecule has 1 N–H and O–H groups in total. The molecule has 1 aromatic carbocycles. The summed E-state index contributed by atoms with van der Waals surface area (Å²) >= 11 is 0. The van der Waals surface area contributed by atoms with Crippen molar-refractivity contribution in [2.45, 2.75) is 37.5 Å². The van der Waals surface area contributed by atoms with Crippen molar-refractivity contribution in [3.05, 3.63) is 29.8 Å². The minimum absolute atomic E-state index is 0.0245. The first kappa shape index (κ1) is 16.3. The number of aliphatic carboxylic acids is 1. The molecule has 5 nitrogen and oxygen atoms in total. The van der Waals surface area contributed by atoms with Crippen LogP contribution in [0.3, 0.4) is 0 Å². The Morgan fingerprint density at radius 2 is 1.82 bits per heavy atom. The summed E-state index contributed by atoms with van der Waals surface area (Å²) in [6.07, 6.45) is 3.64. The Labute approximate surface area is 130 Å². The standard InChI is InChI=1S/C17H23NO4/c1-18(12-9-15(19)20)16(21)17(10-3-4-11-17)13-5-7-14(22-2)8-6-13/h5-8H,3-4,9-12H2,1-2H3,(H,19,20). The van der Waals surface area contributed by atoms with Crippen molar-refractivity contribution in [3.8, 4) is 5.75 Å². The van der Waals surface area contributed by atoms with Crippen LogP contribution in [0, 0.1) is 0 Å². The van der Waals surface area contributed by atoms with Gasteiger partial charge in [0, 0.05) is 13.6 Å². The van der Waals surface area contributed by atoms with Crippen LogP contribution >= 0.6 is 0 Å². The molecule has 1 fully saturated rings. The molecule has 1 amide bonds. The molecule has 0 aromatic heterocycles. The molecule has 22 heavy (non-hydrogen) atoms. The Morgan fingerprint density at radius 3 is 2.32 bits per heavy atom. The number of hydrogen-bond donors (Lipinski definition) is 1. The topological polar surface area (TPSA) is 66.8 Å². The van der Waals surface area contributed by atoms with Gasteiger partial charge in [0.2, 0.25) is 5.91 Å². The van der Waals surface area contributed by atoms with Gasteiger partial charge in [-0.1, -0.05) is 25.0 Å². The maximum Gasteiger partial charge on any atom is 0.305 e. The third kappa shape index (κ3) is 3.24. The van der Waals surface area contributed by atoms with Crippen molar-refractivity contribution in [1.29, 1.82) is 0 Å². The average Bonchev–Trinajstić information content (AvgIpc) is 3.02. The molecular formula is C17H23NO4. The van der Waals surface area contributed by atoms with Crippen LogP contribution in [-0.4, -0.2) is 42.6 Å². The van der Waals surface area contributed by atoms with Gasteiger partial charge >= 0.3 is 5.97 Å². The quantitative estimate of drug-likeness (QED) is 0.876. The van der Waals surface area contributed by atoms with Gasteiger partial charge in [-0.25, -0.2) is 0 Å². The number of rotatable bonds is 6. The van der Waals surface area contributed by atoms with Gasteiger partial charge in [0.15, 0.2) is 0 Å². The Balaban J connectivity index is 2.23. The predicted octanol–water partition coefficient (Wildman–Crippen LogP) is 2.44. The molecular weight excluding hydrogens is 282 g/mol. The first-order valence-corrected chi connectivity index (χ1v) is 7.61. The summed E-state index contributed by atoms with van der Waals surface area (Å²) in [5.74, 6) is -0.0930. The van der Waals surface area contributed by atoms with Gasteiger partial charge in [0.05, 0.1) is 18.9 Å². The smallest absolute Gasteiger partial charge is 0.305 e. The average molecular weight is 305 g/mol. The second-order valence-electron chi connectivity index (χ2n) is 5.89. The van der Waals surface area contributed by atoms with Gasteiger partial charge in [-0.15, -0.1) is 0 Å². The monoisotopic (exact) mass is 305 g/mol. The third-order valence-corrected chi connectivity index (χ3v) is 4.52. The van der Waals surface area contributed by atoms with Crippen molar-refractivity contribution >= 4 is 11.9 Å². The SMILES string of the molecule is COc1ccc(C2(C(=O)N(C)CCC(=O)O)CCCC2)cc1. The lowest BCUT2D eigenvalue weighted by molar-refractivity contribution is -0.139. The molecule has 0 unspecified atom stereocenters. The van der Waals surface area contributed by atoms with E-state index in [1.54, 1.807) is 19.1 Å². The van der Waals surface area contributed by atoms with Crippen LogP contribution in [0.1, 0.15) is 37.7 Å². The van der Waals surface area contributed by atoms with E-state index in [1.807, 2.05) is 24.3 Å². The van der Waals surface area contributed by atoms with E-state index in [0.717, 1.165) is 37.0 Å². The van der Waals surface area contributed by atoms with Crippen molar-refractivity contribution in [1.82, 2.24) is 4.90 Å². The normalized spacial score (nSPS) is 16.3. The molecule has 1 aliphatic rings. The van der Waals surface area contributed by atoms with Gasteiger partial charge < -0.3 is 14.7 Å². The lowest BCUT2D eigenvalue weighted by Gasteiger charge is -2.33. The number of benzene rings is 1. The highest BCUT2D eigenvalue weighted by atomic mass is 16.5. The molecule has 0 aliphatic heterocycles. The summed E-state index contributed by atoms with van der Waals surface area (Å²) in [6.45, 7) is 0.242. The zero-order valence-corrected chi connectivity index (χ0v) is 13.2. The van der Waals surface area contributed by atoms with Crippen molar-refractivity contribution in [2.75, 3.05) is 20.7 Å². The van der Waals surface area contributed by atoms with Crippen molar-refractivity contribution < 1.29 is 19.4 Å². The molecule has 1 aromatic rings. The highest BCUT2D eigenvalue weighted by Crippen LogP contribution is 2.42. The highest BCUT2D eigenvalue weighted by Gasteiger charge is 2.44. The van der Waals surface area contributed by atoms with E-state index in [9.17, 15) is 9.59 Å². The van der Waals surface area contributed by atoms with E-state index in [2.05, 4.69) is 0 Å². The van der Waals surface area contributed by atoms with Crippen LogP contribution in [0.25, 0.3) is 0 Å². The number of ether oxygens (including phenoxy) is 1. The molecule has 0 atom stereocenters. The summed E-state index contributed by atoms with van der Waals surface area (Å²) in [5, 5.41) is 8.80. The fourth-order valence-corrected chi connectivity index (χ4v) is 3.24. The molecule has 0 spiro atoms. The van der Waals surface area contributed by atoms with Crippen LogP contribution in [0.5, 0.6) is 5.75 Å². The Hall–Kier alpha value is -2.04. The second kappa shape index (κ2) is 6.81. The molecule has 120 valence electrons. The first-order valence-electron chi connectivity index (χ1n) is 7.61. The van der Waals surface area contributed by atoms with E-state index in [0.29, 0.717) is 0 Å². The number of likely N-dealkylation sites (N-methyl/N-ethyl adjacent to an activating group) is 1. The van der Waals surface area contributed by atoms with E-state index in [4.69, 9.17) is 9.84 Å². The highest BCUT2D eigenvalue weighted by molar-refractivity contribution is 5.88. The van der Waals surface area contributed by atoms with E-state index >= 15 is 0 Å². The fraction of sp³-hybridized carbons (Fsp3) is 0.529. The first-order chi connectivity index (χ1) is 10.5. The number of carboxylic acid groups (broad SMARTS) is 1. The van der Waals surface area contributed by atoms with Crippen LogP contribution in [0.4, 0.5) is 0 Å². The molecule has 1 aliphatic carbocycles. The zero-order valence-electron chi connectivity index (χ0n) is 13.2. The molecule has 0 radical (unpaired) electrons. The number of methoxy groups -OCH3 is 1. The summed E-state index contributed by atoms with van der Waals surface area (Å²) in [6, 6.07) is 7.65. The van der Waals surface area contributed by atoms with E-state index in [1.165, 1.54) is 0 Å². The van der Waals surface area contributed by atoms with E-state index in [-0.39, 0.29) is 18.9 Å². The third-order valence-electron chi connectivity index (χ3n) is 4.52. The van der Waals surface area contributed by atoms with Gasteiger partial charge in [0.25, 0.3) is 0 Å². The van der Waals surface area contributed by atoms with Gasteiger partial charge in [-0.3, -0.25) is 9.59 Å². The fourth-order valence-electron chi connectivity index (χ4n) is 3.24. The zero-order chi connectivity index (χ0) is 16.2. The van der Waals surface area contributed by atoms with Crippen molar-refractivity contribution in [2.24, 2.45) is 0 Å². The largest absolute Gasteiger partial charge is 0.497 e. The van der Waals surface area contributed by atoms with Crippen LogP contribution in [0.15, 0.2) is 24.3 Å². The van der Waals surface area contributed by atoms with Gasteiger partial charge in [-0.05, 0) is 30.5 Å². The van der Waals surface area contributed by atoms with Crippen molar-refractivity contribution in [3.63, 3.8) is 0 Å². The van der Waals surface area contributed by atoms with E-state index < -0.39 is 11.4 Å². The molecule has 0 heterocycles. The van der Waals surface area contributed by atoms with Gasteiger partial charge in [-0.2, -0.15) is 0 Å². The van der Waals surface area contributed by atoms with Crippen LogP contribution in [-0.2, 0) is 15.0 Å². The lowest BCUT2D eigenvalue weighted by atomic mass is 9.77. The maximum atomic E-state index is 12.9. The number of hydrogen-bond acceptors (Lipinski definition) is 3. The summed E-state index contributed by atoms with van der Waals surface area (Å²) < 4.78 is 5.18. The molecule has 1 saturated carbocycles. The minimum Gasteiger partial charge on any atom is -0.497 e.